The second-order valence-corrected chi connectivity index (χ2v) is 7.83. The van der Waals surface area contributed by atoms with E-state index in [0.717, 1.165) is 47.1 Å². The molecule has 2 aromatic rings. The van der Waals surface area contributed by atoms with Gasteiger partial charge in [-0.2, -0.15) is 0 Å². The lowest BCUT2D eigenvalue weighted by Crippen LogP contribution is -2.38. The molecule has 0 spiro atoms. The van der Waals surface area contributed by atoms with Gasteiger partial charge >= 0.3 is 5.97 Å². The number of esters is 1. The molecule has 2 amide bonds. The summed E-state index contributed by atoms with van der Waals surface area (Å²) < 4.78 is 5.11. The molecule has 1 N–H and O–H groups in total. The van der Waals surface area contributed by atoms with Crippen molar-refractivity contribution in [3.63, 3.8) is 0 Å². The number of nitrogens with zero attached hydrogens (tertiary/aromatic N) is 1. The van der Waals surface area contributed by atoms with E-state index in [2.05, 4.69) is 5.32 Å². The number of ether oxygens (including phenoxy) is 1. The molecular weight excluding hydrogens is 388 g/mol. The Labute approximate surface area is 174 Å². The van der Waals surface area contributed by atoms with E-state index in [1.165, 1.54) is 0 Å². The molecule has 6 nitrogen and oxygen atoms in total. The molecule has 7 heteroatoms. The lowest BCUT2D eigenvalue weighted by molar-refractivity contribution is -0.145. The van der Waals surface area contributed by atoms with Gasteiger partial charge in [0, 0.05) is 17.9 Å². The van der Waals surface area contributed by atoms with Crippen LogP contribution in [0.3, 0.4) is 0 Å². The van der Waals surface area contributed by atoms with Crippen LogP contribution in [0.5, 0.6) is 0 Å². The molecule has 1 heterocycles. The fraction of sp³-hybridized carbons (Fsp3) is 0.318. The Bertz CT molecular complexity index is 900. The van der Waals surface area contributed by atoms with Gasteiger partial charge in [-0.3, -0.25) is 14.4 Å². The minimum Gasteiger partial charge on any atom is -0.455 e. The normalized spacial score (nSPS) is 12.8. The third kappa shape index (κ3) is 6.09. The second kappa shape index (κ2) is 10.1. The lowest BCUT2D eigenvalue weighted by atomic mass is 10.0. The van der Waals surface area contributed by atoms with Crippen LogP contribution in [0.25, 0.3) is 0 Å². The molecule has 3 rings (SSSR count). The van der Waals surface area contributed by atoms with Crippen LogP contribution in [-0.2, 0) is 25.5 Å². The van der Waals surface area contributed by atoms with Crippen molar-refractivity contribution in [3.8, 4) is 0 Å². The van der Waals surface area contributed by atoms with E-state index in [1.807, 2.05) is 55.5 Å². The standard InChI is InChI=1S/C22H24N2O4S/c1-16-6-4-9-18(12-16)23-20(25)14-29-15-22(27)28-13-21(26)24-11-5-8-17-7-2-3-10-19(17)24/h2-4,6-7,9-10,12H,5,8,11,13-15H2,1H3,(H,23,25). The van der Waals surface area contributed by atoms with E-state index in [9.17, 15) is 14.4 Å². The van der Waals surface area contributed by atoms with E-state index < -0.39 is 5.97 Å². The number of hydrogen-bond donors (Lipinski definition) is 1. The van der Waals surface area contributed by atoms with Crippen LogP contribution >= 0.6 is 11.8 Å². The number of amides is 2. The fourth-order valence-corrected chi connectivity index (χ4v) is 3.81. The monoisotopic (exact) mass is 412 g/mol. The van der Waals surface area contributed by atoms with Gasteiger partial charge in [0.2, 0.25) is 5.91 Å². The quantitative estimate of drug-likeness (QED) is 0.707. The first-order valence-electron chi connectivity index (χ1n) is 9.51. The van der Waals surface area contributed by atoms with Crippen LogP contribution in [0.1, 0.15) is 17.5 Å². The number of nitrogens with one attached hydrogen (secondary N) is 1. The summed E-state index contributed by atoms with van der Waals surface area (Å²) in [5.41, 5.74) is 3.81. The highest BCUT2D eigenvalue weighted by Crippen LogP contribution is 2.26. The molecule has 0 aromatic heterocycles. The van der Waals surface area contributed by atoms with E-state index in [1.54, 1.807) is 4.90 Å². The Morgan fingerprint density at radius 2 is 1.93 bits per heavy atom. The van der Waals surface area contributed by atoms with E-state index >= 15 is 0 Å². The van der Waals surface area contributed by atoms with Crippen LogP contribution in [0.15, 0.2) is 48.5 Å². The Morgan fingerprint density at radius 3 is 2.76 bits per heavy atom. The van der Waals surface area contributed by atoms with Crippen molar-refractivity contribution in [2.24, 2.45) is 0 Å². The van der Waals surface area contributed by atoms with Crippen molar-refractivity contribution in [2.45, 2.75) is 19.8 Å². The Morgan fingerprint density at radius 1 is 1.10 bits per heavy atom. The molecule has 0 saturated heterocycles. The number of benzene rings is 2. The smallest absolute Gasteiger partial charge is 0.316 e. The predicted octanol–water partition coefficient (Wildman–Crippen LogP) is 3.19. The van der Waals surface area contributed by atoms with Crippen molar-refractivity contribution in [1.29, 1.82) is 0 Å². The Hall–Kier alpha value is -2.80. The molecule has 0 bridgehead atoms. The number of para-hydroxylation sites is 1. The molecule has 0 unspecified atom stereocenters. The third-order valence-electron chi connectivity index (χ3n) is 4.52. The third-order valence-corrected chi connectivity index (χ3v) is 5.43. The zero-order chi connectivity index (χ0) is 20.6. The summed E-state index contributed by atoms with van der Waals surface area (Å²) in [5.74, 6) is -0.763. The van der Waals surface area contributed by atoms with Gasteiger partial charge in [0.1, 0.15) is 0 Å². The largest absolute Gasteiger partial charge is 0.455 e. The molecule has 0 saturated carbocycles. The van der Waals surface area contributed by atoms with Crippen LogP contribution in [0, 0.1) is 6.92 Å². The topological polar surface area (TPSA) is 75.7 Å². The Kier molecular flexibility index (Phi) is 7.30. The number of carbonyl (C=O) groups is 3. The maximum Gasteiger partial charge on any atom is 0.316 e. The average molecular weight is 413 g/mol. The van der Waals surface area contributed by atoms with Gasteiger partial charge in [-0.05, 0) is 49.1 Å². The summed E-state index contributed by atoms with van der Waals surface area (Å²) in [7, 11) is 0. The molecule has 1 aliphatic rings. The van der Waals surface area contributed by atoms with Crippen molar-refractivity contribution in [2.75, 3.05) is 34.9 Å². The van der Waals surface area contributed by atoms with E-state index in [4.69, 9.17) is 4.74 Å². The van der Waals surface area contributed by atoms with Crippen molar-refractivity contribution < 1.29 is 19.1 Å². The van der Waals surface area contributed by atoms with Gasteiger partial charge in [0.25, 0.3) is 5.91 Å². The molecule has 29 heavy (non-hydrogen) atoms. The highest BCUT2D eigenvalue weighted by molar-refractivity contribution is 8.00. The molecule has 0 fully saturated rings. The first-order valence-corrected chi connectivity index (χ1v) is 10.7. The SMILES string of the molecule is Cc1cccc(NC(=O)CSCC(=O)OCC(=O)N2CCCc3ccccc32)c1. The molecule has 0 aliphatic carbocycles. The maximum absolute atomic E-state index is 12.5. The second-order valence-electron chi connectivity index (χ2n) is 6.85. The molecule has 1 aliphatic heterocycles. The molecule has 0 radical (unpaired) electrons. The van der Waals surface area contributed by atoms with Crippen molar-refractivity contribution in [3.05, 3.63) is 59.7 Å². The summed E-state index contributed by atoms with van der Waals surface area (Å²) >= 11 is 1.16. The first-order chi connectivity index (χ1) is 14.0. The zero-order valence-corrected chi connectivity index (χ0v) is 17.2. The number of carbonyl (C=O) groups excluding carboxylic acids is 3. The summed E-state index contributed by atoms with van der Waals surface area (Å²) in [6, 6.07) is 15.3. The molecular formula is C22H24N2O4S. The highest BCUT2D eigenvalue weighted by Gasteiger charge is 2.23. The summed E-state index contributed by atoms with van der Waals surface area (Å²) in [4.78, 5) is 38.0. The summed E-state index contributed by atoms with van der Waals surface area (Å²) in [5, 5.41) is 2.79. The maximum atomic E-state index is 12.5. The summed E-state index contributed by atoms with van der Waals surface area (Å²) in [6.45, 7) is 2.29. The zero-order valence-electron chi connectivity index (χ0n) is 16.3. The molecule has 0 atom stereocenters. The van der Waals surface area contributed by atoms with Crippen molar-refractivity contribution >= 4 is 40.9 Å². The highest BCUT2D eigenvalue weighted by atomic mass is 32.2. The van der Waals surface area contributed by atoms with Gasteiger partial charge in [-0.25, -0.2) is 0 Å². The average Bonchev–Trinajstić information content (AvgIpc) is 2.71. The number of thioether (sulfide) groups is 1. The number of fused-ring (bicyclic) bond motifs is 1. The fourth-order valence-electron chi connectivity index (χ4n) is 3.20. The number of aryl methyl sites for hydroxylation is 2. The van der Waals surface area contributed by atoms with Gasteiger partial charge in [0.15, 0.2) is 6.61 Å². The van der Waals surface area contributed by atoms with Gasteiger partial charge in [0.05, 0.1) is 11.5 Å². The van der Waals surface area contributed by atoms with Crippen LogP contribution in [0.4, 0.5) is 11.4 Å². The van der Waals surface area contributed by atoms with Crippen molar-refractivity contribution in [1.82, 2.24) is 0 Å². The number of rotatable bonds is 7. The van der Waals surface area contributed by atoms with E-state index in [0.29, 0.717) is 6.54 Å². The minimum atomic E-state index is -0.503. The first kappa shape index (κ1) is 20.9. The van der Waals surface area contributed by atoms with Gasteiger partial charge in [-0.1, -0.05) is 30.3 Å². The van der Waals surface area contributed by atoms with E-state index in [-0.39, 0.29) is 29.9 Å². The Balaban J connectivity index is 1.38. The minimum absolute atomic E-state index is 0.0190. The van der Waals surface area contributed by atoms with Gasteiger partial charge < -0.3 is 15.0 Å². The molecule has 2 aromatic carbocycles. The number of hydrogen-bond acceptors (Lipinski definition) is 5. The van der Waals surface area contributed by atoms with Gasteiger partial charge in [-0.15, -0.1) is 11.8 Å². The predicted molar refractivity (Wildman–Crippen MR) is 115 cm³/mol. The number of anilines is 2. The lowest BCUT2D eigenvalue weighted by Gasteiger charge is -2.29. The van der Waals surface area contributed by atoms with Crippen LogP contribution in [0.2, 0.25) is 0 Å². The van der Waals surface area contributed by atoms with Crippen LogP contribution < -0.4 is 10.2 Å². The molecule has 152 valence electrons. The summed E-state index contributed by atoms with van der Waals surface area (Å²) in [6.07, 6.45) is 1.84. The van der Waals surface area contributed by atoms with Crippen LogP contribution in [-0.4, -0.2) is 42.4 Å².